The quantitative estimate of drug-likeness (QED) is 0.387. The average Bonchev–Trinajstić information content (AvgIpc) is 3.58. The van der Waals surface area contributed by atoms with Crippen LogP contribution in [0.25, 0.3) is 44.8 Å². The van der Waals surface area contributed by atoms with Crippen LogP contribution >= 0.6 is 0 Å². The van der Waals surface area contributed by atoms with Gasteiger partial charge in [-0.2, -0.15) is 0 Å². The van der Waals surface area contributed by atoms with Crippen LogP contribution in [0.4, 0.5) is 0 Å². The molecular formula is C28H24N6O2. The topological polar surface area (TPSA) is 101 Å². The van der Waals surface area contributed by atoms with Gasteiger partial charge in [-0.1, -0.05) is 24.3 Å². The van der Waals surface area contributed by atoms with E-state index in [4.69, 9.17) is 8.83 Å². The number of aromatic nitrogens is 2. The normalized spacial score (nSPS) is 15.9. The highest BCUT2D eigenvalue weighted by molar-refractivity contribution is 6.02. The van der Waals surface area contributed by atoms with Crippen molar-refractivity contribution in [1.29, 1.82) is 0 Å². The van der Waals surface area contributed by atoms with Gasteiger partial charge in [-0.25, -0.2) is 9.97 Å². The molecule has 0 aliphatic carbocycles. The lowest BCUT2D eigenvalue weighted by Crippen LogP contribution is -2.30. The fourth-order valence-corrected chi connectivity index (χ4v) is 4.64. The molecule has 8 heteroatoms. The van der Waals surface area contributed by atoms with Gasteiger partial charge in [0.1, 0.15) is 28.6 Å². The van der Waals surface area contributed by atoms with Crippen molar-refractivity contribution in [3.05, 3.63) is 72.1 Å². The van der Waals surface area contributed by atoms with Gasteiger partial charge in [-0.15, -0.1) is 0 Å². The number of hydrogen-bond donors (Lipinski definition) is 2. The van der Waals surface area contributed by atoms with Crippen LogP contribution in [0.15, 0.2) is 79.7 Å². The van der Waals surface area contributed by atoms with Crippen LogP contribution < -0.4 is 10.6 Å². The summed E-state index contributed by atoms with van der Waals surface area (Å²) in [5.74, 6) is 3.73. The van der Waals surface area contributed by atoms with Crippen LogP contribution in [-0.4, -0.2) is 47.8 Å². The third-order valence-electron chi connectivity index (χ3n) is 6.54. The Labute approximate surface area is 207 Å². The van der Waals surface area contributed by atoms with Gasteiger partial charge in [-0.05, 0) is 37.1 Å². The molecule has 0 bridgehead atoms. The molecule has 0 fully saturated rings. The van der Waals surface area contributed by atoms with Crippen molar-refractivity contribution in [3.8, 4) is 22.9 Å². The lowest BCUT2D eigenvalue weighted by molar-refractivity contribution is 0.623. The van der Waals surface area contributed by atoms with Crippen LogP contribution in [0, 0.1) is 0 Å². The van der Waals surface area contributed by atoms with E-state index in [0.717, 1.165) is 95.1 Å². The summed E-state index contributed by atoms with van der Waals surface area (Å²) >= 11 is 0. The molecule has 2 aliphatic rings. The number of rotatable bonds is 4. The first kappa shape index (κ1) is 20.9. The minimum atomic E-state index is 0.532. The van der Waals surface area contributed by atoms with E-state index in [2.05, 4.69) is 48.8 Å². The first-order valence-electron chi connectivity index (χ1n) is 12.3. The molecule has 0 amide bonds. The molecule has 0 spiro atoms. The smallest absolute Gasteiger partial charge is 0.195 e. The molecule has 0 radical (unpaired) electrons. The molecule has 7 rings (SSSR count). The molecule has 0 unspecified atom stereocenters. The number of furan rings is 2. The van der Waals surface area contributed by atoms with Crippen molar-refractivity contribution >= 4 is 33.6 Å². The summed E-state index contributed by atoms with van der Waals surface area (Å²) in [6, 6.07) is 16.3. The van der Waals surface area contributed by atoms with Crippen molar-refractivity contribution in [3.63, 3.8) is 0 Å². The maximum absolute atomic E-state index is 6.15. The van der Waals surface area contributed by atoms with E-state index in [9.17, 15) is 0 Å². The Morgan fingerprint density at radius 3 is 1.72 bits per heavy atom. The second-order valence-electron chi connectivity index (χ2n) is 9.04. The third-order valence-corrected chi connectivity index (χ3v) is 6.54. The van der Waals surface area contributed by atoms with E-state index in [1.807, 2.05) is 30.3 Å². The van der Waals surface area contributed by atoms with Crippen molar-refractivity contribution < 1.29 is 8.83 Å². The summed E-state index contributed by atoms with van der Waals surface area (Å²) in [6.07, 6.45) is 5.67. The molecule has 0 saturated heterocycles. The fraction of sp³-hybridized carbons (Fsp3) is 0.214. The van der Waals surface area contributed by atoms with Crippen molar-refractivity contribution in [2.75, 3.05) is 26.2 Å². The molecule has 2 aliphatic heterocycles. The summed E-state index contributed by atoms with van der Waals surface area (Å²) in [5.41, 5.74) is 4.47. The number of nitrogens with one attached hydrogen (secondary N) is 2. The first-order valence-corrected chi connectivity index (χ1v) is 12.3. The summed E-state index contributed by atoms with van der Waals surface area (Å²) in [7, 11) is 0. The lowest BCUT2D eigenvalue weighted by atomic mass is 10.1. The largest absolute Gasteiger partial charge is 0.456 e. The Hall–Kier alpha value is -4.46. The minimum Gasteiger partial charge on any atom is -0.456 e. The summed E-state index contributed by atoms with van der Waals surface area (Å²) in [6.45, 7) is 3.59. The summed E-state index contributed by atoms with van der Waals surface area (Å²) in [4.78, 5) is 18.3. The average molecular weight is 477 g/mol. The number of hydrogen-bond acceptors (Lipinski definition) is 8. The maximum atomic E-state index is 6.15. The highest BCUT2D eigenvalue weighted by Crippen LogP contribution is 2.30. The van der Waals surface area contributed by atoms with Crippen LogP contribution in [0.2, 0.25) is 0 Å². The molecule has 0 atom stereocenters. The van der Waals surface area contributed by atoms with E-state index < -0.39 is 0 Å². The minimum absolute atomic E-state index is 0.532. The standard InChI is InChI=1S/C28H24N6O2/c1-7-29-26(30-8-1)19-5-3-17-11-24(35-22(17)13-19)21-15-33-28(34-16-21)25-12-18-4-6-20(14-23(18)36-25)27-31-9-2-10-32-27/h3-6,11-16H,1-2,7-10H2,(H,29,30)(H,31,32). The zero-order valence-electron chi connectivity index (χ0n) is 19.6. The number of benzene rings is 2. The monoisotopic (exact) mass is 476 g/mol. The predicted octanol–water partition coefficient (Wildman–Crippen LogP) is 4.78. The SMILES string of the molecule is c1cc2cc(-c3cnc(-c4cc5ccc(C6=NCCCN6)cc5o4)nc3)oc2cc1C1=NCCCN1. The molecule has 178 valence electrons. The molecule has 5 heterocycles. The predicted molar refractivity (Wildman–Crippen MR) is 140 cm³/mol. The maximum Gasteiger partial charge on any atom is 0.195 e. The molecule has 3 aromatic heterocycles. The third kappa shape index (κ3) is 3.80. The van der Waals surface area contributed by atoms with E-state index >= 15 is 0 Å². The van der Waals surface area contributed by atoms with Crippen LogP contribution in [-0.2, 0) is 0 Å². The number of fused-ring (bicyclic) bond motifs is 2. The highest BCUT2D eigenvalue weighted by atomic mass is 16.3. The summed E-state index contributed by atoms with van der Waals surface area (Å²) < 4.78 is 12.2. The number of nitrogens with zero attached hydrogens (tertiary/aromatic N) is 4. The lowest BCUT2D eigenvalue weighted by Gasteiger charge is -2.14. The molecule has 2 N–H and O–H groups in total. The number of amidine groups is 2. The zero-order chi connectivity index (χ0) is 23.9. The van der Waals surface area contributed by atoms with Gasteiger partial charge < -0.3 is 19.5 Å². The summed E-state index contributed by atoms with van der Waals surface area (Å²) in [5, 5.41) is 8.75. The Morgan fingerprint density at radius 2 is 1.17 bits per heavy atom. The van der Waals surface area contributed by atoms with Crippen LogP contribution in [0.3, 0.4) is 0 Å². The Bertz CT molecular complexity index is 1520. The van der Waals surface area contributed by atoms with Gasteiger partial charge in [0.15, 0.2) is 11.6 Å². The molecule has 36 heavy (non-hydrogen) atoms. The van der Waals surface area contributed by atoms with Gasteiger partial charge >= 0.3 is 0 Å². The van der Waals surface area contributed by atoms with Crippen molar-refractivity contribution in [2.24, 2.45) is 9.98 Å². The Kier molecular flexibility index (Phi) is 5.01. The van der Waals surface area contributed by atoms with Gasteiger partial charge in [0.2, 0.25) is 0 Å². The molecule has 5 aromatic rings. The fourth-order valence-electron chi connectivity index (χ4n) is 4.64. The highest BCUT2D eigenvalue weighted by Gasteiger charge is 2.15. The second kappa shape index (κ2) is 8.64. The van der Waals surface area contributed by atoms with E-state index in [1.54, 1.807) is 12.4 Å². The van der Waals surface area contributed by atoms with Crippen LogP contribution in [0.5, 0.6) is 0 Å². The second-order valence-corrected chi connectivity index (χ2v) is 9.04. The van der Waals surface area contributed by atoms with E-state index in [1.165, 1.54) is 0 Å². The van der Waals surface area contributed by atoms with Gasteiger partial charge in [0.05, 0.1) is 5.56 Å². The Balaban J connectivity index is 1.16. The first-order chi connectivity index (χ1) is 17.8. The zero-order valence-corrected chi connectivity index (χ0v) is 19.6. The van der Waals surface area contributed by atoms with Gasteiger partial charge in [0.25, 0.3) is 0 Å². The Morgan fingerprint density at radius 1 is 0.611 bits per heavy atom. The molecular weight excluding hydrogens is 452 g/mol. The van der Waals surface area contributed by atoms with Gasteiger partial charge in [-0.3, -0.25) is 9.98 Å². The molecule has 8 nitrogen and oxygen atoms in total. The number of aliphatic imine (C=N–C) groups is 2. The van der Waals surface area contributed by atoms with E-state index in [0.29, 0.717) is 11.6 Å². The molecule has 0 saturated carbocycles. The van der Waals surface area contributed by atoms with Crippen molar-refractivity contribution in [2.45, 2.75) is 12.8 Å². The van der Waals surface area contributed by atoms with E-state index in [-0.39, 0.29) is 0 Å². The van der Waals surface area contributed by atoms with Gasteiger partial charge in [0, 0.05) is 60.5 Å². The van der Waals surface area contributed by atoms with Crippen molar-refractivity contribution in [1.82, 2.24) is 20.6 Å². The van der Waals surface area contributed by atoms with Crippen LogP contribution in [0.1, 0.15) is 24.0 Å². The molecule has 2 aromatic carbocycles.